The highest BCUT2D eigenvalue weighted by atomic mass is 35.5. The zero-order valence-corrected chi connectivity index (χ0v) is 18.3. The Balaban J connectivity index is 1.63. The van der Waals surface area contributed by atoms with E-state index in [1.807, 2.05) is 18.2 Å². The first-order valence-electron chi connectivity index (χ1n) is 9.09. The number of thioether (sulfide) groups is 1. The molecule has 8 nitrogen and oxygen atoms in total. The molecular formula is C20H15Cl2N7OS. The number of rotatable bonds is 7. The van der Waals surface area contributed by atoms with Gasteiger partial charge in [0, 0.05) is 34.4 Å². The zero-order valence-electron chi connectivity index (χ0n) is 15.9. The van der Waals surface area contributed by atoms with Gasteiger partial charge >= 0.3 is 0 Å². The molecule has 1 amide bonds. The highest BCUT2D eigenvalue weighted by molar-refractivity contribution is 7.98. The number of hydrogen-bond acceptors (Lipinski definition) is 7. The molecule has 4 aromatic rings. The SMILES string of the molecule is O=C(NCc1ccccn1)c1nnn(-c2cc(Cl)cc(Cl)c2)c1CSc1ncccn1. The third kappa shape index (κ3) is 5.38. The molecule has 0 aliphatic carbocycles. The topological polar surface area (TPSA) is 98.5 Å². The van der Waals surface area contributed by atoms with Crippen LogP contribution in [-0.2, 0) is 12.3 Å². The highest BCUT2D eigenvalue weighted by Crippen LogP contribution is 2.26. The van der Waals surface area contributed by atoms with Crippen molar-refractivity contribution >= 4 is 40.9 Å². The van der Waals surface area contributed by atoms with E-state index in [0.29, 0.717) is 32.3 Å². The summed E-state index contributed by atoms with van der Waals surface area (Å²) >= 11 is 13.7. The normalized spacial score (nSPS) is 10.8. The Labute approximate surface area is 192 Å². The van der Waals surface area contributed by atoms with Crippen molar-refractivity contribution < 1.29 is 4.79 Å². The average Bonchev–Trinajstić information content (AvgIpc) is 3.21. The lowest BCUT2D eigenvalue weighted by Gasteiger charge is -2.09. The van der Waals surface area contributed by atoms with Crippen molar-refractivity contribution in [3.8, 4) is 5.69 Å². The van der Waals surface area contributed by atoms with Gasteiger partial charge in [0.1, 0.15) is 0 Å². The van der Waals surface area contributed by atoms with Gasteiger partial charge in [0.2, 0.25) is 0 Å². The van der Waals surface area contributed by atoms with Crippen LogP contribution in [-0.4, -0.2) is 35.9 Å². The minimum atomic E-state index is -0.366. The number of aromatic nitrogens is 6. The third-order valence-electron chi connectivity index (χ3n) is 4.11. The number of amides is 1. The number of pyridine rings is 1. The van der Waals surface area contributed by atoms with Gasteiger partial charge in [-0.15, -0.1) is 5.10 Å². The van der Waals surface area contributed by atoms with Crippen LogP contribution in [0.3, 0.4) is 0 Å². The van der Waals surface area contributed by atoms with Crippen LogP contribution in [0.5, 0.6) is 0 Å². The third-order valence-corrected chi connectivity index (χ3v) is 5.43. The van der Waals surface area contributed by atoms with Crippen molar-refractivity contribution in [2.24, 2.45) is 0 Å². The Morgan fingerprint density at radius 1 is 1.00 bits per heavy atom. The van der Waals surface area contributed by atoms with Gasteiger partial charge in [0.15, 0.2) is 10.9 Å². The average molecular weight is 472 g/mol. The number of carbonyl (C=O) groups excluding carboxylic acids is 1. The smallest absolute Gasteiger partial charge is 0.274 e. The lowest BCUT2D eigenvalue weighted by molar-refractivity contribution is 0.0944. The Morgan fingerprint density at radius 2 is 1.74 bits per heavy atom. The summed E-state index contributed by atoms with van der Waals surface area (Å²) < 4.78 is 1.55. The molecule has 31 heavy (non-hydrogen) atoms. The molecule has 156 valence electrons. The van der Waals surface area contributed by atoms with Gasteiger partial charge in [-0.25, -0.2) is 14.6 Å². The van der Waals surface area contributed by atoms with Gasteiger partial charge < -0.3 is 5.32 Å². The largest absolute Gasteiger partial charge is 0.345 e. The first-order chi connectivity index (χ1) is 15.1. The summed E-state index contributed by atoms with van der Waals surface area (Å²) in [6.07, 6.45) is 4.98. The molecule has 0 bridgehead atoms. The lowest BCUT2D eigenvalue weighted by Crippen LogP contribution is -2.25. The monoisotopic (exact) mass is 471 g/mol. The van der Waals surface area contributed by atoms with E-state index in [2.05, 4.69) is 30.6 Å². The van der Waals surface area contributed by atoms with Crippen LogP contribution in [0, 0.1) is 0 Å². The van der Waals surface area contributed by atoms with Crippen molar-refractivity contribution in [3.63, 3.8) is 0 Å². The summed E-state index contributed by atoms with van der Waals surface area (Å²) in [7, 11) is 0. The minimum Gasteiger partial charge on any atom is -0.345 e. The van der Waals surface area contributed by atoms with Gasteiger partial charge in [-0.1, -0.05) is 46.2 Å². The summed E-state index contributed by atoms with van der Waals surface area (Å²) in [4.78, 5) is 25.5. The summed E-state index contributed by atoms with van der Waals surface area (Å²) in [6.45, 7) is 0.268. The lowest BCUT2D eigenvalue weighted by atomic mass is 10.2. The number of benzene rings is 1. The molecule has 0 saturated carbocycles. The summed E-state index contributed by atoms with van der Waals surface area (Å²) in [5.74, 6) is -0.0115. The molecule has 4 rings (SSSR count). The Bertz CT molecular complexity index is 1170. The van der Waals surface area contributed by atoms with E-state index in [0.717, 1.165) is 5.69 Å². The molecule has 0 atom stereocenters. The highest BCUT2D eigenvalue weighted by Gasteiger charge is 2.21. The van der Waals surface area contributed by atoms with Crippen LogP contribution in [0.25, 0.3) is 5.69 Å². The van der Waals surface area contributed by atoms with Gasteiger partial charge in [0.25, 0.3) is 5.91 Å². The van der Waals surface area contributed by atoms with Crippen LogP contribution in [0.4, 0.5) is 0 Å². The Morgan fingerprint density at radius 3 is 2.45 bits per heavy atom. The molecule has 0 unspecified atom stereocenters. The standard InChI is InChI=1S/C20H15Cl2N7OS/c21-13-8-14(22)10-16(9-13)29-17(12-31-20-24-6-3-7-25-20)18(27-28-29)19(30)26-11-15-4-1-2-5-23-15/h1-10H,11-12H2,(H,26,30). The first kappa shape index (κ1) is 21.2. The molecule has 3 aromatic heterocycles. The van der Waals surface area contributed by atoms with Crippen LogP contribution in [0.1, 0.15) is 21.9 Å². The van der Waals surface area contributed by atoms with Crippen LogP contribution in [0.15, 0.2) is 66.2 Å². The second-order valence-corrected chi connectivity index (χ2v) is 8.06. The molecule has 0 fully saturated rings. The minimum absolute atomic E-state index is 0.190. The van der Waals surface area contributed by atoms with Crippen molar-refractivity contribution in [3.05, 3.63) is 88.2 Å². The van der Waals surface area contributed by atoms with Crippen LogP contribution < -0.4 is 5.32 Å². The Kier molecular flexibility index (Phi) is 6.76. The van der Waals surface area contributed by atoms with E-state index in [1.54, 1.807) is 47.5 Å². The summed E-state index contributed by atoms with van der Waals surface area (Å²) in [5.41, 5.74) is 2.08. The maximum Gasteiger partial charge on any atom is 0.274 e. The number of carbonyl (C=O) groups is 1. The van der Waals surface area contributed by atoms with E-state index in [9.17, 15) is 4.79 Å². The van der Waals surface area contributed by atoms with E-state index >= 15 is 0 Å². The second-order valence-electron chi connectivity index (χ2n) is 6.25. The van der Waals surface area contributed by atoms with Crippen molar-refractivity contribution in [2.45, 2.75) is 17.5 Å². The molecule has 11 heteroatoms. The molecule has 0 aliphatic rings. The predicted octanol–water partition coefficient (Wildman–Crippen LogP) is 3.98. The van der Waals surface area contributed by atoms with E-state index in [1.165, 1.54) is 11.8 Å². The fourth-order valence-electron chi connectivity index (χ4n) is 2.73. The predicted molar refractivity (Wildman–Crippen MR) is 118 cm³/mol. The quantitative estimate of drug-likeness (QED) is 0.321. The maximum atomic E-state index is 12.9. The second kappa shape index (κ2) is 9.86. The molecule has 3 heterocycles. The number of hydrogen-bond donors (Lipinski definition) is 1. The molecule has 1 aromatic carbocycles. The first-order valence-corrected chi connectivity index (χ1v) is 10.8. The number of halogens is 2. The van der Waals surface area contributed by atoms with Gasteiger partial charge in [-0.3, -0.25) is 9.78 Å². The fourth-order valence-corrected chi connectivity index (χ4v) is 4.04. The fraction of sp³-hybridized carbons (Fsp3) is 0.100. The van der Waals surface area contributed by atoms with E-state index in [-0.39, 0.29) is 18.1 Å². The van der Waals surface area contributed by atoms with Gasteiger partial charge in [-0.2, -0.15) is 0 Å². The summed E-state index contributed by atoms with van der Waals surface area (Å²) in [6, 6.07) is 12.3. The van der Waals surface area contributed by atoms with Crippen LogP contribution in [0.2, 0.25) is 10.0 Å². The number of nitrogens with one attached hydrogen (secondary N) is 1. The molecule has 0 saturated heterocycles. The Hall–Kier alpha value is -3.01. The summed E-state index contributed by atoms with van der Waals surface area (Å²) in [5, 5.41) is 12.6. The van der Waals surface area contributed by atoms with Crippen LogP contribution >= 0.6 is 35.0 Å². The van der Waals surface area contributed by atoms with E-state index in [4.69, 9.17) is 23.2 Å². The molecule has 0 aliphatic heterocycles. The molecule has 0 spiro atoms. The van der Waals surface area contributed by atoms with E-state index < -0.39 is 0 Å². The van der Waals surface area contributed by atoms with Gasteiger partial charge in [0.05, 0.1) is 23.6 Å². The molecule has 0 radical (unpaired) electrons. The number of nitrogens with zero attached hydrogens (tertiary/aromatic N) is 6. The van der Waals surface area contributed by atoms with Crippen molar-refractivity contribution in [2.75, 3.05) is 0 Å². The van der Waals surface area contributed by atoms with Crippen molar-refractivity contribution in [1.29, 1.82) is 0 Å². The van der Waals surface area contributed by atoms with Crippen molar-refractivity contribution in [1.82, 2.24) is 35.3 Å². The molecular weight excluding hydrogens is 457 g/mol. The maximum absolute atomic E-state index is 12.9. The molecule has 1 N–H and O–H groups in total. The van der Waals surface area contributed by atoms with Gasteiger partial charge in [-0.05, 0) is 36.4 Å². The zero-order chi connectivity index (χ0) is 21.6.